The number of hydrogen-bond acceptors (Lipinski definition) is 4. The van der Waals surface area contributed by atoms with E-state index in [1.807, 2.05) is 12.3 Å². The molecule has 1 fully saturated rings. The number of aliphatic hydroxyl groups is 1. The van der Waals surface area contributed by atoms with E-state index >= 15 is 0 Å². The maximum atomic E-state index is 9.59. The van der Waals surface area contributed by atoms with Crippen LogP contribution in [0.3, 0.4) is 0 Å². The quantitative estimate of drug-likeness (QED) is 0.850. The molecule has 0 amide bonds. The number of pyridine rings is 1. The van der Waals surface area contributed by atoms with E-state index in [4.69, 9.17) is 0 Å². The molecule has 0 radical (unpaired) electrons. The average Bonchev–Trinajstić information content (AvgIpc) is 2.40. The van der Waals surface area contributed by atoms with Gasteiger partial charge in [-0.2, -0.15) is 0 Å². The second-order valence-electron chi connectivity index (χ2n) is 5.73. The van der Waals surface area contributed by atoms with Crippen molar-refractivity contribution in [1.29, 1.82) is 0 Å². The Balaban J connectivity index is 1.99. The lowest BCUT2D eigenvalue weighted by atomic mass is 10.1. The SMILES string of the molecule is CC(C)CNCc1cccnc1N1CCC(O)CC1. The van der Waals surface area contributed by atoms with Crippen LogP contribution in [0.25, 0.3) is 0 Å². The van der Waals surface area contributed by atoms with Crippen LogP contribution in [0.15, 0.2) is 18.3 Å². The van der Waals surface area contributed by atoms with Gasteiger partial charge in [0.15, 0.2) is 0 Å². The summed E-state index contributed by atoms with van der Waals surface area (Å²) in [5, 5.41) is 13.1. The van der Waals surface area contributed by atoms with E-state index in [0.29, 0.717) is 5.92 Å². The lowest BCUT2D eigenvalue weighted by Gasteiger charge is -2.31. The summed E-state index contributed by atoms with van der Waals surface area (Å²) in [5.74, 6) is 1.73. The minimum atomic E-state index is -0.137. The molecule has 0 aromatic carbocycles. The van der Waals surface area contributed by atoms with Crippen molar-refractivity contribution in [2.24, 2.45) is 5.92 Å². The van der Waals surface area contributed by atoms with E-state index in [2.05, 4.69) is 35.1 Å². The molecule has 1 aromatic heterocycles. The van der Waals surface area contributed by atoms with Gasteiger partial charge in [-0.3, -0.25) is 0 Å². The number of nitrogens with zero attached hydrogens (tertiary/aromatic N) is 2. The number of nitrogens with one attached hydrogen (secondary N) is 1. The van der Waals surface area contributed by atoms with Crippen molar-refractivity contribution in [3.05, 3.63) is 23.9 Å². The molecule has 0 atom stereocenters. The van der Waals surface area contributed by atoms with Crippen LogP contribution >= 0.6 is 0 Å². The molecule has 0 saturated carbocycles. The lowest BCUT2D eigenvalue weighted by Crippen LogP contribution is -2.37. The first-order valence-electron chi connectivity index (χ1n) is 7.24. The topological polar surface area (TPSA) is 48.4 Å². The summed E-state index contributed by atoms with van der Waals surface area (Å²) in [6, 6.07) is 4.13. The highest BCUT2D eigenvalue weighted by atomic mass is 16.3. The van der Waals surface area contributed by atoms with Crippen LogP contribution in [0.4, 0.5) is 5.82 Å². The maximum Gasteiger partial charge on any atom is 0.133 e. The third-order valence-corrected chi connectivity index (χ3v) is 3.50. The van der Waals surface area contributed by atoms with Gasteiger partial charge >= 0.3 is 0 Å². The van der Waals surface area contributed by atoms with Crippen molar-refractivity contribution in [2.45, 2.75) is 39.3 Å². The maximum absolute atomic E-state index is 9.59. The van der Waals surface area contributed by atoms with Crippen molar-refractivity contribution in [2.75, 3.05) is 24.5 Å². The number of anilines is 1. The molecular weight excluding hydrogens is 238 g/mol. The van der Waals surface area contributed by atoms with Gasteiger partial charge < -0.3 is 15.3 Å². The zero-order valence-corrected chi connectivity index (χ0v) is 12.0. The van der Waals surface area contributed by atoms with Crippen molar-refractivity contribution in [3.63, 3.8) is 0 Å². The van der Waals surface area contributed by atoms with Gasteiger partial charge in [0.05, 0.1) is 6.10 Å². The zero-order chi connectivity index (χ0) is 13.7. The standard InChI is InChI=1S/C15H25N3O/c1-12(2)10-16-11-13-4-3-7-17-15(13)18-8-5-14(19)6-9-18/h3-4,7,12,14,16,19H,5-6,8-11H2,1-2H3. The van der Waals surface area contributed by atoms with Crippen LogP contribution in [-0.2, 0) is 6.54 Å². The van der Waals surface area contributed by atoms with Gasteiger partial charge in [-0.15, -0.1) is 0 Å². The molecule has 4 heteroatoms. The van der Waals surface area contributed by atoms with Crippen LogP contribution in [-0.4, -0.2) is 35.8 Å². The number of piperidine rings is 1. The Morgan fingerprint density at radius 3 is 2.84 bits per heavy atom. The third-order valence-electron chi connectivity index (χ3n) is 3.50. The predicted octanol–water partition coefficient (Wildman–Crippen LogP) is 1.79. The Bertz CT molecular complexity index is 387. The van der Waals surface area contributed by atoms with Crippen molar-refractivity contribution in [3.8, 4) is 0 Å². The molecule has 1 saturated heterocycles. The van der Waals surface area contributed by atoms with Gasteiger partial charge in [-0.25, -0.2) is 4.98 Å². The minimum Gasteiger partial charge on any atom is -0.393 e. The lowest BCUT2D eigenvalue weighted by molar-refractivity contribution is 0.145. The summed E-state index contributed by atoms with van der Waals surface area (Å²) >= 11 is 0. The molecule has 0 unspecified atom stereocenters. The molecule has 2 heterocycles. The van der Waals surface area contributed by atoms with E-state index < -0.39 is 0 Å². The predicted molar refractivity (Wildman–Crippen MR) is 78.2 cm³/mol. The summed E-state index contributed by atoms with van der Waals surface area (Å²) in [7, 11) is 0. The van der Waals surface area contributed by atoms with Crippen LogP contribution in [0.5, 0.6) is 0 Å². The molecule has 1 aliphatic heterocycles. The molecular formula is C15H25N3O. The third kappa shape index (κ3) is 4.18. The zero-order valence-electron chi connectivity index (χ0n) is 12.0. The summed E-state index contributed by atoms with van der Waals surface area (Å²) in [6.45, 7) is 8.10. The molecule has 0 spiro atoms. The molecule has 2 N–H and O–H groups in total. The molecule has 19 heavy (non-hydrogen) atoms. The fraction of sp³-hybridized carbons (Fsp3) is 0.667. The van der Waals surface area contributed by atoms with E-state index in [-0.39, 0.29) is 6.10 Å². The normalized spacial score (nSPS) is 17.2. The summed E-state index contributed by atoms with van der Waals surface area (Å²) < 4.78 is 0. The monoisotopic (exact) mass is 263 g/mol. The van der Waals surface area contributed by atoms with Crippen LogP contribution < -0.4 is 10.2 Å². The highest BCUT2D eigenvalue weighted by Gasteiger charge is 2.19. The molecule has 0 aliphatic carbocycles. The fourth-order valence-corrected chi connectivity index (χ4v) is 2.43. The van der Waals surface area contributed by atoms with Gasteiger partial charge in [0.1, 0.15) is 5.82 Å². The molecule has 1 aliphatic rings. The fourth-order valence-electron chi connectivity index (χ4n) is 2.43. The minimum absolute atomic E-state index is 0.137. The average molecular weight is 263 g/mol. The Kier molecular flexibility index (Phi) is 5.16. The smallest absolute Gasteiger partial charge is 0.133 e. The highest BCUT2D eigenvalue weighted by molar-refractivity contribution is 5.47. The molecule has 2 rings (SSSR count). The van der Waals surface area contributed by atoms with Crippen LogP contribution in [0, 0.1) is 5.92 Å². The largest absolute Gasteiger partial charge is 0.393 e. The highest BCUT2D eigenvalue weighted by Crippen LogP contribution is 2.21. The first kappa shape index (κ1) is 14.3. The second kappa shape index (κ2) is 6.87. The Labute approximate surface area is 115 Å². The van der Waals surface area contributed by atoms with Crippen molar-refractivity contribution in [1.82, 2.24) is 10.3 Å². The molecule has 106 valence electrons. The number of aliphatic hydroxyl groups excluding tert-OH is 1. The number of hydrogen-bond donors (Lipinski definition) is 2. The number of aromatic nitrogens is 1. The van der Waals surface area contributed by atoms with Crippen molar-refractivity contribution < 1.29 is 5.11 Å². The Morgan fingerprint density at radius 1 is 1.42 bits per heavy atom. The van der Waals surface area contributed by atoms with Gasteiger partial charge in [0, 0.05) is 31.4 Å². The first-order valence-corrected chi connectivity index (χ1v) is 7.24. The summed E-state index contributed by atoms with van der Waals surface area (Å²) in [4.78, 5) is 6.82. The van der Waals surface area contributed by atoms with Crippen molar-refractivity contribution >= 4 is 5.82 Å². The second-order valence-corrected chi connectivity index (χ2v) is 5.73. The molecule has 1 aromatic rings. The van der Waals surface area contributed by atoms with E-state index in [9.17, 15) is 5.11 Å². The summed E-state index contributed by atoms with van der Waals surface area (Å²) in [5.41, 5.74) is 1.25. The number of rotatable bonds is 5. The Hall–Kier alpha value is -1.13. The first-order chi connectivity index (χ1) is 9.16. The van der Waals surface area contributed by atoms with E-state index in [1.165, 1.54) is 5.56 Å². The van der Waals surface area contributed by atoms with Gasteiger partial charge in [-0.1, -0.05) is 19.9 Å². The van der Waals surface area contributed by atoms with Crippen LogP contribution in [0.1, 0.15) is 32.3 Å². The van der Waals surface area contributed by atoms with Gasteiger partial charge in [0.2, 0.25) is 0 Å². The van der Waals surface area contributed by atoms with Gasteiger partial charge in [-0.05, 0) is 31.4 Å². The van der Waals surface area contributed by atoms with E-state index in [0.717, 1.165) is 44.8 Å². The Morgan fingerprint density at radius 2 is 2.16 bits per heavy atom. The van der Waals surface area contributed by atoms with Gasteiger partial charge in [0.25, 0.3) is 0 Å². The molecule has 4 nitrogen and oxygen atoms in total. The molecule has 0 bridgehead atoms. The van der Waals surface area contributed by atoms with E-state index in [1.54, 1.807) is 0 Å². The summed E-state index contributed by atoms with van der Waals surface area (Å²) in [6.07, 6.45) is 3.40. The van der Waals surface area contributed by atoms with Crippen LogP contribution in [0.2, 0.25) is 0 Å².